The molecule has 0 aliphatic heterocycles. The van der Waals surface area contributed by atoms with Crippen molar-refractivity contribution in [1.29, 1.82) is 0 Å². The van der Waals surface area contributed by atoms with Crippen LogP contribution in [-0.4, -0.2) is 7.93 Å². The summed E-state index contributed by atoms with van der Waals surface area (Å²) in [6, 6.07) is 5.05. The zero-order valence-corrected chi connectivity index (χ0v) is 13.6. The van der Waals surface area contributed by atoms with Crippen LogP contribution in [-0.2, 0) is 6.54 Å². The van der Waals surface area contributed by atoms with Gasteiger partial charge in [-0.1, -0.05) is 12.5 Å². The summed E-state index contributed by atoms with van der Waals surface area (Å²) in [5.41, 5.74) is 0.649. The average molecular weight is 461 g/mol. The van der Waals surface area contributed by atoms with E-state index in [0.29, 0.717) is 23.8 Å². The van der Waals surface area contributed by atoms with E-state index >= 15 is 0 Å². The predicted molar refractivity (Wildman–Crippen MR) is 82.8 cm³/mol. The largest absolute Gasteiger partial charge is 0.493 e. The Bertz CT molecular complexity index is 383. The molecule has 0 unspecified atom stereocenters. The number of rotatable bonds is 5. The fourth-order valence-electron chi connectivity index (χ4n) is 1.81. The van der Waals surface area contributed by atoms with Crippen molar-refractivity contribution in [2.24, 2.45) is 5.92 Å². The van der Waals surface area contributed by atoms with Crippen LogP contribution >= 0.6 is 45.7 Å². The first-order valence-corrected chi connectivity index (χ1v) is 7.59. The lowest BCUT2D eigenvalue weighted by Gasteiger charge is -2.25. The van der Waals surface area contributed by atoms with E-state index in [1.54, 1.807) is 6.07 Å². The number of benzene rings is 1. The van der Waals surface area contributed by atoms with Gasteiger partial charge in [-0.05, 0) is 30.9 Å². The minimum absolute atomic E-state index is 0.186. The number of halogens is 3. The highest BCUT2D eigenvalue weighted by Crippen LogP contribution is 2.30. The third kappa shape index (κ3) is 3.92. The Kier molecular flexibility index (Phi) is 5.28. The third-order valence-corrected chi connectivity index (χ3v) is 3.74. The molecule has 2 rings (SSSR count). The Morgan fingerprint density at radius 3 is 2.71 bits per heavy atom. The second-order valence-electron chi connectivity index (χ2n) is 4.29. The fourth-order valence-corrected chi connectivity index (χ4v) is 2.50. The summed E-state index contributed by atoms with van der Waals surface area (Å²) in [4.78, 5) is 0. The molecule has 0 bridgehead atoms. The van der Waals surface area contributed by atoms with Gasteiger partial charge in [0.25, 0.3) is 0 Å². The van der Waals surface area contributed by atoms with Crippen LogP contribution in [0.3, 0.4) is 0 Å². The van der Waals surface area contributed by atoms with Gasteiger partial charge < -0.3 is 4.74 Å². The van der Waals surface area contributed by atoms with Crippen LogP contribution in [0, 0.1) is 11.7 Å². The second-order valence-corrected chi connectivity index (χ2v) is 8.46. The Morgan fingerprint density at radius 2 is 2.12 bits per heavy atom. The molecule has 94 valence electrons. The van der Waals surface area contributed by atoms with E-state index in [-0.39, 0.29) is 5.82 Å². The molecule has 1 fully saturated rings. The Balaban J connectivity index is 2.05. The molecule has 2 nitrogen and oxygen atoms in total. The van der Waals surface area contributed by atoms with Gasteiger partial charge in [-0.15, -0.1) is 0 Å². The Hall–Kier alpha value is 0.370. The first-order valence-electron chi connectivity index (χ1n) is 5.66. The van der Waals surface area contributed by atoms with Crippen molar-refractivity contribution in [3.8, 4) is 5.75 Å². The molecular formula is C12H14FI2NO. The van der Waals surface area contributed by atoms with Crippen LogP contribution in [0.15, 0.2) is 18.2 Å². The average Bonchev–Trinajstić information content (AvgIpc) is 2.20. The van der Waals surface area contributed by atoms with Crippen molar-refractivity contribution >= 4 is 45.7 Å². The molecule has 1 aliphatic rings. The molecule has 1 aromatic rings. The highest BCUT2D eigenvalue weighted by Gasteiger charge is 2.19. The van der Waals surface area contributed by atoms with Crippen molar-refractivity contribution in [2.75, 3.05) is 6.61 Å². The fraction of sp³-hybridized carbons (Fsp3) is 0.500. The van der Waals surface area contributed by atoms with Crippen molar-refractivity contribution in [3.05, 3.63) is 29.6 Å². The lowest BCUT2D eigenvalue weighted by atomic mass is 9.86. The molecule has 17 heavy (non-hydrogen) atoms. The molecule has 0 saturated heterocycles. The number of nitrogens with zero attached hydrogens (tertiary/aromatic N) is 1. The maximum atomic E-state index is 13.7. The third-order valence-electron chi connectivity index (χ3n) is 3.05. The summed E-state index contributed by atoms with van der Waals surface area (Å²) in [7, 11) is 0. The van der Waals surface area contributed by atoms with Crippen molar-refractivity contribution in [1.82, 2.24) is 1.33 Å². The van der Waals surface area contributed by atoms with E-state index in [0.717, 1.165) is 6.61 Å². The van der Waals surface area contributed by atoms with Crippen molar-refractivity contribution in [3.63, 3.8) is 0 Å². The summed E-state index contributed by atoms with van der Waals surface area (Å²) in [5, 5.41) is 0. The Morgan fingerprint density at radius 1 is 1.35 bits per heavy atom. The summed E-state index contributed by atoms with van der Waals surface area (Å²) in [5.74, 6) is 1.17. The van der Waals surface area contributed by atoms with Gasteiger partial charge in [0, 0.05) is 51.3 Å². The highest BCUT2D eigenvalue weighted by atomic mass is 127. The van der Waals surface area contributed by atoms with Gasteiger partial charge in [-0.3, -0.25) is 0 Å². The number of hydrogen-bond acceptors (Lipinski definition) is 2. The summed E-state index contributed by atoms with van der Waals surface area (Å²) < 4.78 is 21.4. The zero-order chi connectivity index (χ0) is 12.3. The van der Waals surface area contributed by atoms with Crippen LogP contribution in [0.25, 0.3) is 0 Å². The maximum Gasteiger partial charge on any atom is 0.131 e. The number of hydrogen-bond donors (Lipinski definition) is 0. The first-order chi connectivity index (χ1) is 8.16. The van der Waals surface area contributed by atoms with Gasteiger partial charge in [-0.25, -0.2) is 4.39 Å². The van der Waals surface area contributed by atoms with Crippen molar-refractivity contribution in [2.45, 2.75) is 25.8 Å². The summed E-state index contributed by atoms with van der Waals surface area (Å²) >= 11 is 4.27. The maximum absolute atomic E-state index is 13.7. The van der Waals surface area contributed by atoms with E-state index < -0.39 is 0 Å². The molecule has 1 saturated carbocycles. The molecule has 0 spiro atoms. The van der Waals surface area contributed by atoms with Crippen LogP contribution in [0.4, 0.5) is 4.39 Å². The minimum atomic E-state index is -0.186. The molecule has 0 N–H and O–H groups in total. The lowest BCUT2D eigenvalue weighted by molar-refractivity contribution is 0.178. The monoisotopic (exact) mass is 461 g/mol. The van der Waals surface area contributed by atoms with Crippen LogP contribution in [0.2, 0.25) is 0 Å². The van der Waals surface area contributed by atoms with Gasteiger partial charge in [0.2, 0.25) is 0 Å². The molecule has 0 aromatic heterocycles. The van der Waals surface area contributed by atoms with E-state index in [1.807, 2.05) is 7.39 Å². The standard InChI is InChI=1S/C12H14FI2NO/c13-11-5-2-6-12(10(11)7-16(14)15)17-8-9-3-1-4-9/h2,5-6,9H,1,3-4,7-8H2. The lowest BCUT2D eigenvalue weighted by Crippen LogP contribution is -2.20. The SMILES string of the molecule is Fc1cccc(OCC2CCC2)c1CN(I)I. The molecule has 0 atom stereocenters. The molecule has 1 aromatic carbocycles. The minimum Gasteiger partial charge on any atom is -0.493 e. The molecule has 0 heterocycles. The van der Waals surface area contributed by atoms with Crippen molar-refractivity contribution < 1.29 is 9.13 Å². The molecular weight excluding hydrogens is 447 g/mol. The van der Waals surface area contributed by atoms with Crippen LogP contribution in [0.5, 0.6) is 5.75 Å². The summed E-state index contributed by atoms with van der Waals surface area (Å²) in [6.45, 7) is 1.27. The van der Waals surface area contributed by atoms with E-state index in [4.69, 9.17) is 4.74 Å². The van der Waals surface area contributed by atoms with Crippen LogP contribution < -0.4 is 4.74 Å². The summed E-state index contributed by atoms with van der Waals surface area (Å²) in [6.07, 6.45) is 3.80. The predicted octanol–water partition coefficient (Wildman–Crippen LogP) is 4.51. The zero-order valence-electron chi connectivity index (χ0n) is 9.33. The second kappa shape index (κ2) is 6.51. The molecule has 0 radical (unpaired) electrons. The van der Waals surface area contributed by atoms with Gasteiger partial charge >= 0.3 is 0 Å². The molecule has 0 amide bonds. The van der Waals surface area contributed by atoms with Gasteiger partial charge in [-0.2, -0.15) is 1.33 Å². The smallest absolute Gasteiger partial charge is 0.131 e. The molecule has 5 heteroatoms. The molecule has 1 aliphatic carbocycles. The first kappa shape index (κ1) is 13.8. The van der Waals surface area contributed by atoms with E-state index in [1.165, 1.54) is 25.3 Å². The van der Waals surface area contributed by atoms with E-state index in [2.05, 4.69) is 45.7 Å². The Labute approximate surface area is 129 Å². The van der Waals surface area contributed by atoms with Crippen LogP contribution in [0.1, 0.15) is 24.8 Å². The topological polar surface area (TPSA) is 12.5 Å². The van der Waals surface area contributed by atoms with Gasteiger partial charge in [0.15, 0.2) is 0 Å². The normalized spacial score (nSPS) is 16.0. The van der Waals surface area contributed by atoms with E-state index in [9.17, 15) is 4.39 Å². The van der Waals surface area contributed by atoms with Gasteiger partial charge in [0.05, 0.1) is 13.2 Å². The highest BCUT2D eigenvalue weighted by molar-refractivity contribution is 14.2. The quantitative estimate of drug-likeness (QED) is 0.473. The number of ether oxygens (including phenoxy) is 1. The van der Waals surface area contributed by atoms with Gasteiger partial charge in [0.1, 0.15) is 11.6 Å².